The van der Waals surface area contributed by atoms with E-state index in [1.165, 1.54) is 7.11 Å². The van der Waals surface area contributed by atoms with Gasteiger partial charge >= 0.3 is 0 Å². The molecule has 0 spiro atoms. The summed E-state index contributed by atoms with van der Waals surface area (Å²) in [7, 11) is -0.274. The Labute approximate surface area is 128 Å². The topological polar surface area (TPSA) is 67.4 Å². The maximum atomic E-state index is 12.6. The minimum atomic E-state index is -3.58. The lowest BCUT2D eigenvalue weighted by molar-refractivity contribution is 0.401. The number of sulfonamides is 1. The van der Waals surface area contributed by atoms with Crippen LogP contribution in [0.15, 0.2) is 23.1 Å². The molecular weight excluding hydrogens is 288 g/mol. The molecule has 1 rings (SSSR count). The summed E-state index contributed by atoms with van der Waals surface area (Å²) in [6, 6.07) is 5.17. The molecule has 0 amide bonds. The standard InChI is InChI=1S/C15H26N2O3S/c1-5-7-13(6-2)17-21(18,19)15-10-12(11-16-3)8-9-14(15)20-4/h8-10,13,16-17H,5-7,11H2,1-4H3. The number of rotatable bonds is 9. The fraction of sp³-hybridized carbons (Fsp3) is 0.600. The molecule has 1 aromatic rings. The predicted molar refractivity (Wildman–Crippen MR) is 85.1 cm³/mol. The minimum Gasteiger partial charge on any atom is -0.495 e. The van der Waals surface area contributed by atoms with E-state index >= 15 is 0 Å². The van der Waals surface area contributed by atoms with Crippen LogP contribution in [0.1, 0.15) is 38.7 Å². The molecule has 0 fully saturated rings. The van der Waals surface area contributed by atoms with Gasteiger partial charge in [0.05, 0.1) is 7.11 Å². The predicted octanol–water partition coefficient (Wildman–Crippen LogP) is 2.27. The van der Waals surface area contributed by atoms with Gasteiger partial charge in [-0.1, -0.05) is 26.3 Å². The number of hydrogen-bond donors (Lipinski definition) is 2. The second-order valence-electron chi connectivity index (χ2n) is 5.03. The van der Waals surface area contributed by atoms with Gasteiger partial charge in [0.2, 0.25) is 10.0 Å². The summed E-state index contributed by atoms with van der Waals surface area (Å²) in [5.74, 6) is 0.369. The molecule has 21 heavy (non-hydrogen) atoms. The molecule has 0 aliphatic heterocycles. The van der Waals surface area contributed by atoms with Crippen LogP contribution >= 0.6 is 0 Å². The summed E-state index contributed by atoms with van der Waals surface area (Å²) in [5.41, 5.74) is 0.905. The molecule has 0 saturated carbocycles. The zero-order valence-electron chi connectivity index (χ0n) is 13.3. The highest BCUT2D eigenvalue weighted by molar-refractivity contribution is 7.89. The number of ether oxygens (including phenoxy) is 1. The maximum Gasteiger partial charge on any atom is 0.244 e. The molecule has 1 atom stereocenters. The maximum absolute atomic E-state index is 12.6. The number of nitrogens with one attached hydrogen (secondary N) is 2. The highest BCUT2D eigenvalue weighted by Gasteiger charge is 2.23. The second-order valence-corrected chi connectivity index (χ2v) is 6.71. The summed E-state index contributed by atoms with van der Waals surface area (Å²) in [6.07, 6.45) is 2.54. The summed E-state index contributed by atoms with van der Waals surface area (Å²) in [6.45, 7) is 4.64. The largest absolute Gasteiger partial charge is 0.495 e. The fourth-order valence-electron chi connectivity index (χ4n) is 2.22. The Morgan fingerprint density at radius 3 is 2.52 bits per heavy atom. The van der Waals surface area contributed by atoms with Gasteiger partial charge in [0.1, 0.15) is 10.6 Å². The van der Waals surface area contributed by atoms with Crippen LogP contribution < -0.4 is 14.8 Å². The van der Waals surface area contributed by atoms with Crippen molar-refractivity contribution in [2.24, 2.45) is 0 Å². The molecule has 0 saturated heterocycles. The van der Waals surface area contributed by atoms with E-state index in [1.54, 1.807) is 12.1 Å². The minimum absolute atomic E-state index is 0.0438. The molecule has 0 aliphatic carbocycles. The lowest BCUT2D eigenvalue weighted by Crippen LogP contribution is -2.34. The van der Waals surface area contributed by atoms with Crippen molar-refractivity contribution in [1.82, 2.24) is 10.0 Å². The Morgan fingerprint density at radius 2 is 2.00 bits per heavy atom. The third-order valence-corrected chi connectivity index (χ3v) is 4.89. The molecule has 5 nitrogen and oxygen atoms in total. The van der Waals surface area contributed by atoms with Crippen LogP contribution in [0.25, 0.3) is 0 Å². The van der Waals surface area contributed by atoms with Crippen LogP contribution in [0.2, 0.25) is 0 Å². The molecule has 0 bridgehead atoms. The van der Waals surface area contributed by atoms with Gasteiger partial charge in [-0.2, -0.15) is 0 Å². The van der Waals surface area contributed by atoms with Crippen molar-refractivity contribution in [1.29, 1.82) is 0 Å². The second kappa shape index (κ2) is 8.36. The highest BCUT2D eigenvalue weighted by atomic mass is 32.2. The van der Waals surface area contributed by atoms with Gasteiger partial charge in [0.15, 0.2) is 0 Å². The summed E-state index contributed by atoms with van der Waals surface area (Å²) in [4.78, 5) is 0.201. The van der Waals surface area contributed by atoms with Gasteiger partial charge in [-0.05, 0) is 37.6 Å². The van der Waals surface area contributed by atoms with Crippen LogP contribution in [0.4, 0.5) is 0 Å². The van der Waals surface area contributed by atoms with E-state index in [1.807, 2.05) is 27.0 Å². The Balaban J connectivity index is 3.12. The Hall–Kier alpha value is -1.11. The van der Waals surface area contributed by atoms with Crippen molar-refractivity contribution in [3.63, 3.8) is 0 Å². The average molecular weight is 314 g/mol. The van der Waals surface area contributed by atoms with Gasteiger partial charge in [-0.15, -0.1) is 0 Å². The van der Waals surface area contributed by atoms with E-state index < -0.39 is 10.0 Å². The van der Waals surface area contributed by atoms with E-state index in [0.29, 0.717) is 12.3 Å². The number of benzene rings is 1. The van der Waals surface area contributed by atoms with E-state index in [2.05, 4.69) is 10.0 Å². The molecule has 1 aromatic carbocycles. The van der Waals surface area contributed by atoms with Gasteiger partial charge < -0.3 is 10.1 Å². The Bertz CT molecular complexity index is 544. The monoisotopic (exact) mass is 314 g/mol. The lowest BCUT2D eigenvalue weighted by Gasteiger charge is -2.18. The number of hydrogen-bond acceptors (Lipinski definition) is 4. The third kappa shape index (κ3) is 4.98. The van der Waals surface area contributed by atoms with E-state index in [-0.39, 0.29) is 10.9 Å². The summed E-state index contributed by atoms with van der Waals surface area (Å²) >= 11 is 0. The number of methoxy groups -OCH3 is 1. The van der Waals surface area contributed by atoms with Crippen LogP contribution in [0.5, 0.6) is 5.75 Å². The SMILES string of the molecule is CCCC(CC)NS(=O)(=O)c1cc(CNC)ccc1OC. The first-order chi connectivity index (χ1) is 9.98. The van der Waals surface area contributed by atoms with E-state index in [9.17, 15) is 8.42 Å². The van der Waals surface area contributed by atoms with Gasteiger partial charge in [0.25, 0.3) is 0 Å². The molecule has 0 aromatic heterocycles. The molecule has 0 heterocycles. The summed E-state index contributed by atoms with van der Waals surface area (Å²) < 4.78 is 33.2. The normalized spacial score (nSPS) is 13.1. The third-order valence-electron chi connectivity index (χ3n) is 3.35. The van der Waals surface area contributed by atoms with Crippen molar-refractivity contribution in [2.75, 3.05) is 14.2 Å². The Morgan fingerprint density at radius 1 is 1.29 bits per heavy atom. The van der Waals surface area contributed by atoms with Crippen molar-refractivity contribution in [3.05, 3.63) is 23.8 Å². The van der Waals surface area contributed by atoms with Crippen molar-refractivity contribution >= 4 is 10.0 Å². The first-order valence-electron chi connectivity index (χ1n) is 7.32. The van der Waals surface area contributed by atoms with E-state index in [0.717, 1.165) is 24.8 Å². The molecular formula is C15H26N2O3S. The molecule has 0 aliphatic rings. The fourth-order valence-corrected chi connectivity index (χ4v) is 3.80. The zero-order chi connectivity index (χ0) is 15.9. The van der Waals surface area contributed by atoms with Gasteiger partial charge in [-0.25, -0.2) is 13.1 Å². The van der Waals surface area contributed by atoms with Crippen molar-refractivity contribution in [3.8, 4) is 5.75 Å². The van der Waals surface area contributed by atoms with Gasteiger partial charge in [-0.3, -0.25) is 0 Å². The highest BCUT2D eigenvalue weighted by Crippen LogP contribution is 2.25. The molecule has 6 heteroatoms. The zero-order valence-corrected chi connectivity index (χ0v) is 14.1. The average Bonchev–Trinajstić information content (AvgIpc) is 2.47. The van der Waals surface area contributed by atoms with Crippen molar-refractivity contribution < 1.29 is 13.2 Å². The smallest absolute Gasteiger partial charge is 0.244 e. The van der Waals surface area contributed by atoms with Gasteiger partial charge in [0, 0.05) is 12.6 Å². The first kappa shape index (κ1) is 17.9. The van der Waals surface area contributed by atoms with E-state index in [4.69, 9.17) is 4.74 Å². The molecule has 1 unspecified atom stereocenters. The lowest BCUT2D eigenvalue weighted by atomic mass is 10.1. The Kier molecular flexibility index (Phi) is 7.14. The van der Waals surface area contributed by atoms with Crippen LogP contribution in [0, 0.1) is 0 Å². The summed E-state index contributed by atoms with van der Waals surface area (Å²) in [5, 5.41) is 3.02. The first-order valence-corrected chi connectivity index (χ1v) is 8.80. The van der Waals surface area contributed by atoms with Crippen LogP contribution in [0.3, 0.4) is 0 Å². The quantitative estimate of drug-likeness (QED) is 0.734. The molecule has 2 N–H and O–H groups in total. The molecule has 120 valence electrons. The van der Waals surface area contributed by atoms with Crippen LogP contribution in [-0.2, 0) is 16.6 Å². The van der Waals surface area contributed by atoms with Crippen molar-refractivity contribution in [2.45, 2.75) is 50.6 Å². The molecule has 0 radical (unpaired) electrons. The van der Waals surface area contributed by atoms with Crippen LogP contribution in [-0.4, -0.2) is 28.6 Å².